The van der Waals surface area contributed by atoms with Gasteiger partial charge in [-0.2, -0.15) is 0 Å². The van der Waals surface area contributed by atoms with Crippen molar-refractivity contribution in [2.45, 2.75) is 32.7 Å². The van der Waals surface area contributed by atoms with Crippen LogP contribution in [0.2, 0.25) is 0 Å². The van der Waals surface area contributed by atoms with E-state index in [-0.39, 0.29) is 11.9 Å². The second-order valence-electron chi connectivity index (χ2n) is 4.37. The van der Waals surface area contributed by atoms with Crippen molar-refractivity contribution in [3.05, 3.63) is 29.8 Å². The van der Waals surface area contributed by atoms with E-state index < -0.39 is 0 Å². The molecule has 1 aromatic rings. The van der Waals surface area contributed by atoms with Gasteiger partial charge in [-0.3, -0.25) is 4.79 Å². The third kappa shape index (κ3) is 4.91. The zero-order chi connectivity index (χ0) is 14.1. The standard InChI is InChI=1S/C15H24N2O2/c1-4-13(17-15(18)10-11-16-5-2)12-8-6-7-9-14(12)19-3/h6-9,13,16H,4-5,10-11H2,1-3H3,(H,17,18). The number of carbonyl (C=O) groups excluding carboxylic acids is 1. The van der Waals surface area contributed by atoms with Crippen LogP contribution in [0.3, 0.4) is 0 Å². The summed E-state index contributed by atoms with van der Waals surface area (Å²) in [6, 6.07) is 7.82. The summed E-state index contributed by atoms with van der Waals surface area (Å²) >= 11 is 0. The first-order valence-electron chi connectivity index (χ1n) is 6.85. The summed E-state index contributed by atoms with van der Waals surface area (Å²) in [5, 5.41) is 6.20. The van der Waals surface area contributed by atoms with Gasteiger partial charge in [0.05, 0.1) is 13.2 Å². The molecular weight excluding hydrogens is 240 g/mol. The van der Waals surface area contributed by atoms with Gasteiger partial charge < -0.3 is 15.4 Å². The fourth-order valence-corrected chi connectivity index (χ4v) is 2.00. The third-order valence-electron chi connectivity index (χ3n) is 3.04. The van der Waals surface area contributed by atoms with E-state index in [2.05, 4.69) is 17.6 Å². The fraction of sp³-hybridized carbons (Fsp3) is 0.533. The molecule has 19 heavy (non-hydrogen) atoms. The molecule has 106 valence electrons. The topological polar surface area (TPSA) is 50.4 Å². The lowest BCUT2D eigenvalue weighted by Gasteiger charge is -2.20. The van der Waals surface area contributed by atoms with E-state index in [0.29, 0.717) is 13.0 Å². The van der Waals surface area contributed by atoms with Crippen LogP contribution >= 0.6 is 0 Å². The van der Waals surface area contributed by atoms with E-state index in [1.807, 2.05) is 31.2 Å². The van der Waals surface area contributed by atoms with Crippen molar-refractivity contribution < 1.29 is 9.53 Å². The predicted molar refractivity (Wildman–Crippen MR) is 77.3 cm³/mol. The first-order valence-corrected chi connectivity index (χ1v) is 6.85. The van der Waals surface area contributed by atoms with Gasteiger partial charge in [-0.1, -0.05) is 32.0 Å². The molecule has 0 spiro atoms. The maximum absolute atomic E-state index is 11.9. The molecule has 2 N–H and O–H groups in total. The van der Waals surface area contributed by atoms with E-state index in [4.69, 9.17) is 4.74 Å². The van der Waals surface area contributed by atoms with Gasteiger partial charge in [0.2, 0.25) is 5.91 Å². The molecule has 0 radical (unpaired) electrons. The highest BCUT2D eigenvalue weighted by atomic mass is 16.5. The Morgan fingerprint density at radius 3 is 2.68 bits per heavy atom. The molecule has 4 heteroatoms. The molecular formula is C15H24N2O2. The smallest absolute Gasteiger partial charge is 0.221 e. The average Bonchev–Trinajstić information content (AvgIpc) is 2.45. The number of carbonyl (C=O) groups is 1. The van der Waals surface area contributed by atoms with E-state index >= 15 is 0 Å². The number of para-hydroxylation sites is 1. The highest BCUT2D eigenvalue weighted by Gasteiger charge is 2.15. The Kier molecular flexibility index (Phi) is 6.97. The van der Waals surface area contributed by atoms with E-state index in [1.54, 1.807) is 7.11 Å². The van der Waals surface area contributed by atoms with Crippen molar-refractivity contribution >= 4 is 5.91 Å². The Bertz CT molecular complexity index is 393. The van der Waals surface area contributed by atoms with Crippen molar-refractivity contribution in [1.82, 2.24) is 10.6 Å². The highest BCUT2D eigenvalue weighted by Crippen LogP contribution is 2.26. The van der Waals surface area contributed by atoms with E-state index in [9.17, 15) is 4.79 Å². The van der Waals surface area contributed by atoms with Gasteiger partial charge in [-0.25, -0.2) is 0 Å². The van der Waals surface area contributed by atoms with E-state index in [1.165, 1.54) is 0 Å². The SMILES string of the molecule is CCNCCC(=O)NC(CC)c1ccccc1OC. The van der Waals surface area contributed by atoms with Gasteiger partial charge in [0.1, 0.15) is 5.75 Å². The molecule has 4 nitrogen and oxygen atoms in total. The van der Waals surface area contributed by atoms with Gasteiger partial charge in [0, 0.05) is 18.5 Å². The molecule has 0 aliphatic heterocycles. The number of hydrogen-bond donors (Lipinski definition) is 2. The summed E-state index contributed by atoms with van der Waals surface area (Å²) in [6.07, 6.45) is 1.34. The van der Waals surface area contributed by atoms with Crippen molar-refractivity contribution in [3.8, 4) is 5.75 Å². The number of hydrogen-bond acceptors (Lipinski definition) is 3. The molecule has 0 saturated heterocycles. The Morgan fingerprint density at radius 1 is 1.32 bits per heavy atom. The molecule has 0 bridgehead atoms. The minimum Gasteiger partial charge on any atom is -0.496 e. The summed E-state index contributed by atoms with van der Waals surface area (Å²) in [5.74, 6) is 0.889. The van der Waals surface area contributed by atoms with Crippen LogP contribution in [0.4, 0.5) is 0 Å². The molecule has 0 aliphatic rings. The van der Waals surface area contributed by atoms with Crippen LogP contribution < -0.4 is 15.4 Å². The van der Waals surface area contributed by atoms with Crippen LogP contribution in [0.25, 0.3) is 0 Å². The van der Waals surface area contributed by atoms with Crippen molar-refractivity contribution in [2.24, 2.45) is 0 Å². The molecule has 1 unspecified atom stereocenters. The molecule has 0 aromatic heterocycles. The second kappa shape index (κ2) is 8.53. The lowest BCUT2D eigenvalue weighted by atomic mass is 10.0. The Hall–Kier alpha value is -1.55. The Morgan fingerprint density at radius 2 is 2.05 bits per heavy atom. The molecule has 0 aliphatic carbocycles. The number of methoxy groups -OCH3 is 1. The lowest BCUT2D eigenvalue weighted by molar-refractivity contribution is -0.121. The van der Waals surface area contributed by atoms with Gasteiger partial charge in [0.15, 0.2) is 0 Å². The summed E-state index contributed by atoms with van der Waals surface area (Å²) in [5.41, 5.74) is 1.03. The molecule has 1 aromatic carbocycles. The second-order valence-corrected chi connectivity index (χ2v) is 4.37. The maximum Gasteiger partial charge on any atom is 0.221 e. The summed E-state index contributed by atoms with van der Waals surface area (Å²) < 4.78 is 5.34. The van der Waals surface area contributed by atoms with Gasteiger partial charge in [-0.15, -0.1) is 0 Å². The quantitative estimate of drug-likeness (QED) is 0.708. The Balaban J connectivity index is 2.64. The average molecular weight is 264 g/mol. The van der Waals surface area contributed by atoms with Crippen LogP contribution in [0.1, 0.15) is 38.3 Å². The van der Waals surface area contributed by atoms with Crippen molar-refractivity contribution in [2.75, 3.05) is 20.2 Å². The number of benzene rings is 1. The summed E-state index contributed by atoms with van der Waals surface area (Å²) in [4.78, 5) is 11.9. The predicted octanol–water partition coefficient (Wildman–Crippen LogP) is 2.26. The van der Waals surface area contributed by atoms with Crippen LogP contribution in [0, 0.1) is 0 Å². The first-order chi connectivity index (χ1) is 9.22. The number of rotatable bonds is 8. The minimum atomic E-state index is 0.00489. The summed E-state index contributed by atoms with van der Waals surface area (Å²) in [6.45, 7) is 5.69. The highest BCUT2D eigenvalue weighted by molar-refractivity contribution is 5.76. The van der Waals surface area contributed by atoms with Crippen LogP contribution in [-0.4, -0.2) is 26.1 Å². The third-order valence-corrected chi connectivity index (χ3v) is 3.04. The number of amides is 1. The van der Waals surface area contributed by atoms with Gasteiger partial charge >= 0.3 is 0 Å². The molecule has 1 rings (SSSR count). The first kappa shape index (κ1) is 15.5. The maximum atomic E-state index is 11.9. The summed E-state index contributed by atoms with van der Waals surface area (Å²) in [7, 11) is 1.65. The minimum absolute atomic E-state index is 0.00489. The molecule has 1 atom stereocenters. The normalized spacial score (nSPS) is 11.9. The van der Waals surface area contributed by atoms with Crippen molar-refractivity contribution in [1.29, 1.82) is 0 Å². The number of nitrogens with one attached hydrogen (secondary N) is 2. The zero-order valence-electron chi connectivity index (χ0n) is 12.0. The monoisotopic (exact) mass is 264 g/mol. The molecule has 0 fully saturated rings. The Labute approximate surface area is 115 Å². The van der Waals surface area contributed by atoms with Crippen molar-refractivity contribution in [3.63, 3.8) is 0 Å². The largest absolute Gasteiger partial charge is 0.496 e. The molecule has 0 heterocycles. The number of ether oxygens (including phenoxy) is 1. The van der Waals surface area contributed by atoms with Gasteiger partial charge in [-0.05, 0) is 19.0 Å². The van der Waals surface area contributed by atoms with E-state index in [0.717, 1.165) is 24.3 Å². The molecule has 1 amide bonds. The van der Waals surface area contributed by atoms with Crippen LogP contribution in [-0.2, 0) is 4.79 Å². The fourth-order valence-electron chi connectivity index (χ4n) is 2.00. The van der Waals surface area contributed by atoms with Crippen LogP contribution in [0.15, 0.2) is 24.3 Å². The van der Waals surface area contributed by atoms with Gasteiger partial charge in [0.25, 0.3) is 0 Å². The van der Waals surface area contributed by atoms with Crippen LogP contribution in [0.5, 0.6) is 5.75 Å². The lowest BCUT2D eigenvalue weighted by Crippen LogP contribution is -2.31. The molecule has 0 saturated carbocycles. The zero-order valence-corrected chi connectivity index (χ0v) is 12.0.